The lowest BCUT2D eigenvalue weighted by Gasteiger charge is -2.07. The zero-order chi connectivity index (χ0) is 22.1. The minimum atomic E-state index is 0.385. The lowest BCUT2D eigenvalue weighted by atomic mass is 10.00. The molecular weight excluding hydrogens is 426 g/mol. The number of aromatic amines is 1. The highest BCUT2D eigenvalue weighted by Gasteiger charge is 2.19. The molecule has 2 N–H and O–H groups in total. The third-order valence-electron chi connectivity index (χ3n) is 4.87. The van der Waals surface area contributed by atoms with Crippen LogP contribution in [0.1, 0.15) is 17.1 Å². The molecule has 0 aliphatic rings. The Balaban J connectivity index is 1.69. The number of nitrogens with one attached hydrogen (secondary N) is 2. The van der Waals surface area contributed by atoms with E-state index in [4.69, 9.17) is 21.7 Å². The van der Waals surface area contributed by atoms with Crippen molar-refractivity contribution in [3.05, 3.63) is 77.2 Å². The fourth-order valence-electron chi connectivity index (χ4n) is 3.50. The van der Waals surface area contributed by atoms with E-state index in [0.717, 1.165) is 22.4 Å². The monoisotopic (exact) mass is 441 g/mol. The first-order valence-electron chi connectivity index (χ1n) is 9.74. The Morgan fingerprint density at radius 3 is 2.84 bits per heavy atom. The van der Waals surface area contributed by atoms with Crippen LogP contribution in [0.2, 0.25) is 5.15 Å². The van der Waals surface area contributed by atoms with Crippen molar-refractivity contribution in [2.24, 2.45) is 0 Å². The number of hydrogen-bond acceptors (Lipinski definition) is 7. The van der Waals surface area contributed by atoms with Crippen molar-refractivity contribution in [3.63, 3.8) is 0 Å². The molecule has 0 fully saturated rings. The summed E-state index contributed by atoms with van der Waals surface area (Å²) < 4.78 is 1.72. The van der Waals surface area contributed by atoms with E-state index in [2.05, 4.69) is 31.6 Å². The van der Waals surface area contributed by atoms with E-state index in [1.807, 2.05) is 43.5 Å². The van der Waals surface area contributed by atoms with Crippen LogP contribution in [-0.4, -0.2) is 34.8 Å². The molecule has 0 bridgehead atoms. The smallest absolute Gasteiger partial charge is 0.165 e. The van der Waals surface area contributed by atoms with Gasteiger partial charge in [0.2, 0.25) is 0 Å². The summed E-state index contributed by atoms with van der Waals surface area (Å²) in [6.45, 7) is 2.33. The van der Waals surface area contributed by atoms with Crippen molar-refractivity contribution in [3.8, 4) is 28.5 Å². The first-order chi connectivity index (χ1) is 15.6. The average molecular weight is 442 g/mol. The zero-order valence-corrected chi connectivity index (χ0v) is 17.7. The van der Waals surface area contributed by atoms with Crippen LogP contribution in [0.3, 0.4) is 0 Å². The average Bonchev–Trinajstić information content (AvgIpc) is 3.44. The van der Waals surface area contributed by atoms with E-state index >= 15 is 0 Å². The van der Waals surface area contributed by atoms with Crippen molar-refractivity contribution in [2.75, 3.05) is 5.32 Å². The molecule has 0 amide bonds. The molecule has 1 aromatic carbocycles. The largest absolute Gasteiger partial charge is 0.363 e. The van der Waals surface area contributed by atoms with Gasteiger partial charge in [-0.15, -0.1) is 10.2 Å². The first-order valence-corrected chi connectivity index (χ1v) is 10.1. The number of aromatic nitrogens is 7. The number of fused-ring (bicyclic) bond motifs is 1. The molecule has 156 valence electrons. The summed E-state index contributed by atoms with van der Waals surface area (Å²) in [7, 11) is 0. The number of pyridine rings is 1. The Labute approximate surface area is 187 Å². The second-order valence-electron chi connectivity index (χ2n) is 7.11. The van der Waals surface area contributed by atoms with Crippen LogP contribution in [0.4, 0.5) is 5.82 Å². The van der Waals surface area contributed by atoms with Gasteiger partial charge < -0.3 is 10.3 Å². The first kappa shape index (κ1) is 19.7. The second-order valence-corrected chi connectivity index (χ2v) is 7.49. The minimum absolute atomic E-state index is 0.385. The fourth-order valence-corrected chi connectivity index (χ4v) is 3.75. The third-order valence-corrected chi connectivity index (χ3v) is 5.06. The topological polar surface area (TPSA) is 120 Å². The van der Waals surface area contributed by atoms with Crippen molar-refractivity contribution in [1.82, 2.24) is 34.8 Å². The van der Waals surface area contributed by atoms with Gasteiger partial charge in [0.1, 0.15) is 28.8 Å². The molecular formula is C22H16ClN9. The standard InChI is InChI=1S/C22H16ClN9/c1-13-7-16(9-17(23)28-13)20-21(15-4-2-3-14(8-15)10-24)31-32-6-5-18(29-22(20)32)25-11-19-26-12-27-30-19/h2-9,12H,11H2,1H3,(H,25,29)(H,26,27,30). The van der Waals surface area contributed by atoms with Gasteiger partial charge in [-0.3, -0.25) is 0 Å². The van der Waals surface area contributed by atoms with Gasteiger partial charge in [0.05, 0.1) is 23.7 Å². The molecule has 0 aliphatic carbocycles. The van der Waals surface area contributed by atoms with Crippen LogP contribution in [0.15, 0.2) is 55.0 Å². The van der Waals surface area contributed by atoms with E-state index in [1.54, 1.807) is 16.6 Å². The van der Waals surface area contributed by atoms with Crippen molar-refractivity contribution >= 4 is 23.1 Å². The summed E-state index contributed by atoms with van der Waals surface area (Å²) in [5.41, 5.74) is 5.13. The van der Waals surface area contributed by atoms with E-state index in [1.165, 1.54) is 6.33 Å². The van der Waals surface area contributed by atoms with Crippen molar-refractivity contribution in [2.45, 2.75) is 13.5 Å². The van der Waals surface area contributed by atoms with Gasteiger partial charge >= 0.3 is 0 Å². The Bertz CT molecular complexity index is 1440. The van der Waals surface area contributed by atoms with Crippen LogP contribution < -0.4 is 5.32 Å². The van der Waals surface area contributed by atoms with Gasteiger partial charge in [0.25, 0.3) is 0 Å². The van der Waals surface area contributed by atoms with Gasteiger partial charge in [0, 0.05) is 17.5 Å². The van der Waals surface area contributed by atoms with Crippen molar-refractivity contribution in [1.29, 1.82) is 5.26 Å². The van der Waals surface area contributed by atoms with Crippen LogP contribution in [0.25, 0.3) is 28.0 Å². The molecule has 0 spiro atoms. The quantitative estimate of drug-likeness (QED) is 0.395. The summed E-state index contributed by atoms with van der Waals surface area (Å²) >= 11 is 6.27. The summed E-state index contributed by atoms with van der Waals surface area (Å²) in [4.78, 5) is 12.0. The highest BCUT2D eigenvalue weighted by molar-refractivity contribution is 6.29. The van der Waals surface area contributed by atoms with E-state index in [9.17, 15) is 5.26 Å². The maximum atomic E-state index is 9.35. The number of benzene rings is 1. The summed E-state index contributed by atoms with van der Waals surface area (Å²) in [6.07, 6.45) is 3.36. The fraction of sp³-hybridized carbons (Fsp3) is 0.0909. The summed E-state index contributed by atoms with van der Waals surface area (Å²) in [6, 6.07) is 15.1. The van der Waals surface area contributed by atoms with Gasteiger partial charge in [-0.1, -0.05) is 23.7 Å². The highest BCUT2D eigenvalue weighted by atomic mass is 35.5. The Hall–Kier alpha value is -4.29. The number of rotatable bonds is 5. The highest BCUT2D eigenvalue weighted by Crippen LogP contribution is 2.36. The van der Waals surface area contributed by atoms with Gasteiger partial charge in [-0.25, -0.2) is 14.5 Å². The summed E-state index contributed by atoms with van der Waals surface area (Å²) in [5, 5.41) is 25.5. The van der Waals surface area contributed by atoms with Crippen LogP contribution in [0.5, 0.6) is 0 Å². The SMILES string of the molecule is Cc1cc(-c2c(-c3cccc(C#N)c3)nn3ccc(NCc4nnc[nH]4)nc23)cc(Cl)n1. The molecule has 10 heteroatoms. The molecule has 0 unspecified atom stereocenters. The molecule has 9 nitrogen and oxygen atoms in total. The van der Waals surface area contributed by atoms with Gasteiger partial charge in [0.15, 0.2) is 5.65 Å². The van der Waals surface area contributed by atoms with E-state index in [-0.39, 0.29) is 0 Å². The maximum absolute atomic E-state index is 9.35. The van der Waals surface area contributed by atoms with Crippen LogP contribution in [-0.2, 0) is 6.54 Å². The molecule has 0 radical (unpaired) electrons. The molecule has 5 aromatic rings. The number of nitriles is 1. The number of H-pyrrole nitrogens is 1. The Kier molecular flexibility index (Phi) is 4.97. The molecule has 0 saturated heterocycles. The molecule has 5 rings (SSSR count). The third kappa shape index (κ3) is 3.75. The number of nitrogens with zero attached hydrogens (tertiary/aromatic N) is 7. The Morgan fingerprint density at radius 1 is 1.16 bits per heavy atom. The lowest BCUT2D eigenvalue weighted by Crippen LogP contribution is -2.04. The molecule has 32 heavy (non-hydrogen) atoms. The molecule has 4 aromatic heterocycles. The number of aryl methyl sites for hydroxylation is 1. The number of halogens is 1. The van der Waals surface area contributed by atoms with Gasteiger partial charge in [-0.2, -0.15) is 10.4 Å². The maximum Gasteiger partial charge on any atom is 0.165 e. The van der Waals surface area contributed by atoms with E-state index in [0.29, 0.717) is 40.2 Å². The number of anilines is 1. The second kappa shape index (κ2) is 8.09. The molecule has 0 saturated carbocycles. The molecule has 0 atom stereocenters. The molecule has 4 heterocycles. The predicted molar refractivity (Wildman–Crippen MR) is 120 cm³/mol. The normalized spacial score (nSPS) is 10.9. The lowest BCUT2D eigenvalue weighted by molar-refractivity contribution is 0.924. The Morgan fingerprint density at radius 2 is 2.06 bits per heavy atom. The van der Waals surface area contributed by atoms with Crippen molar-refractivity contribution < 1.29 is 0 Å². The van der Waals surface area contributed by atoms with Crippen LogP contribution >= 0.6 is 11.6 Å². The minimum Gasteiger partial charge on any atom is -0.363 e. The van der Waals surface area contributed by atoms with Crippen LogP contribution in [0, 0.1) is 18.3 Å². The zero-order valence-electron chi connectivity index (χ0n) is 16.9. The van der Waals surface area contributed by atoms with E-state index < -0.39 is 0 Å². The van der Waals surface area contributed by atoms with Gasteiger partial charge in [-0.05, 0) is 42.8 Å². The number of hydrogen-bond donors (Lipinski definition) is 2. The predicted octanol–water partition coefficient (Wildman–Crippen LogP) is 4.02. The molecule has 0 aliphatic heterocycles. The summed E-state index contributed by atoms with van der Waals surface area (Å²) in [5.74, 6) is 1.36.